The summed E-state index contributed by atoms with van der Waals surface area (Å²) in [6, 6.07) is 14.1. The molecule has 1 N–H and O–H groups in total. The van der Waals surface area contributed by atoms with E-state index in [1.165, 1.54) is 0 Å². The fourth-order valence-electron chi connectivity index (χ4n) is 1.67. The van der Waals surface area contributed by atoms with Gasteiger partial charge in [-0.3, -0.25) is 4.79 Å². The summed E-state index contributed by atoms with van der Waals surface area (Å²) in [6.07, 6.45) is 0. The third kappa shape index (κ3) is 3.12. The number of hydrogen-bond donors (Lipinski definition) is 1. The average molecular weight is 252 g/mol. The predicted molar refractivity (Wildman–Crippen MR) is 74.4 cm³/mol. The zero-order chi connectivity index (χ0) is 13.7. The van der Waals surface area contributed by atoms with Crippen molar-refractivity contribution in [3.8, 4) is 0 Å². The number of carbonyl (C=O) groups is 1. The van der Waals surface area contributed by atoms with Crippen LogP contribution >= 0.6 is 0 Å². The number of para-hydroxylation sites is 1. The van der Waals surface area contributed by atoms with Crippen LogP contribution in [0.1, 0.15) is 15.9 Å². The minimum atomic E-state index is -0.232. The summed E-state index contributed by atoms with van der Waals surface area (Å²) in [7, 11) is 0. The summed E-state index contributed by atoms with van der Waals surface area (Å²) in [5.41, 5.74) is 11.0. The van der Waals surface area contributed by atoms with E-state index in [0.29, 0.717) is 11.3 Å². The number of azide groups is 1. The van der Waals surface area contributed by atoms with Gasteiger partial charge in [0.15, 0.2) is 0 Å². The Balaban J connectivity index is 2.23. The molecule has 0 saturated carbocycles. The van der Waals surface area contributed by atoms with Crippen LogP contribution in [0, 0.1) is 6.92 Å². The second-order valence-corrected chi connectivity index (χ2v) is 4.01. The van der Waals surface area contributed by atoms with E-state index >= 15 is 0 Å². The minimum absolute atomic E-state index is 0.232. The molecule has 5 heteroatoms. The third-order valence-corrected chi connectivity index (χ3v) is 2.66. The van der Waals surface area contributed by atoms with Crippen LogP contribution in [0.3, 0.4) is 0 Å². The lowest BCUT2D eigenvalue weighted by Crippen LogP contribution is -2.12. The number of hydrogen-bond acceptors (Lipinski definition) is 2. The van der Waals surface area contributed by atoms with Crippen LogP contribution in [0.25, 0.3) is 10.4 Å². The van der Waals surface area contributed by atoms with Crippen LogP contribution in [-0.4, -0.2) is 5.91 Å². The number of nitrogens with one attached hydrogen (secondary N) is 1. The van der Waals surface area contributed by atoms with Gasteiger partial charge in [-0.2, -0.15) is 0 Å². The Labute approximate surface area is 110 Å². The van der Waals surface area contributed by atoms with E-state index in [-0.39, 0.29) is 5.91 Å². The van der Waals surface area contributed by atoms with Crippen molar-refractivity contribution in [2.75, 3.05) is 5.32 Å². The lowest BCUT2D eigenvalue weighted by Gasteiger charge is -2.08. The van der Waals surface area contributed by atoms with E-state index in [1.807, 2.05) is 31.2 Å². The Kier molecular flexibility index (Phi) is 3.81. The molecular formula is C14H12N4O. The fraction of sp³-hybridized carbons (Fsp3) is 0.0714. The minimum Gasteiger partial charge on any atom is -0.322 e. The summed E-state index contributed by atoms with van der Waals surface area (Å²) < 4.78 is 0. The van der Waals surface area contributed by atoms with E-state index in [1.54, 1.807) is 24.3 Å². The van der Waals surface area contributed by atoms with E-state index in [0.717, 1.165) is 11.3 Å². The Morgan fingerprint density at radius 1 is 1.21 bits per heavy atom. The first kappa shape index (κ1) is 12.7. The summed E-state index contributed by atoms with van der Waals surface area (Å²) in [4.78, 5) is 14.8. The lowest BCUT2D eigenvalue weighted by molar-refractivity contribution is 0.102. The molecule has 0 heterocycles. The van der Waals surface area contributed by atoms with Crippen molar-refractivity contribution < 1.29 is 4.79 Å². The van der Waals surface area contributed by atoms with Crippen LogP contribution < -0.4 is 5.32 Å². The first-order valence-corrected chi connectivity index (χ1v) is 5.73. The van der Waals surface area contributed by atoms with Crippen LogP contribution in [0.5, 0.6) is 0 Å². The number of rotatable bonds is 3. The molecule has 0 aromatic heterocycles. The number of carbonyl (C=O) groups excluding carboxylic acids is 1. The summed E-state index contributed by atoms with van der Waals surface area (Å²) in [6.45, 7) is 1.92. The van der Waals surface area contributed by atoms with Crippen LogP contribution in [0.2, 0.25) is 0 Å². The molecule has 2 aromatic carbocycles. The monoisotopic (exact) mass is 252 g/mol. The maximum Gasteiger partial charge on any atom is 0.255 e. The molecule has 0 aliphatic rings. The van der Waals surface area contributed by atoms with Gasteiger partial charge in [0.05, 0.1) is 0 Å². The van der Waals surface area contributed by atoms with Gasteiger partial charge >= 0.3 is 0 Å². The molecule has 5 nitrogen and oxygen atoms in total. The first-order chi connectivity index (χ1) is 9.20. The summed E-state index contributed by atoms with van der Waals surface area (Å²) in [5, 5.41) is 6.30. The van der Waals surface area contributed by atoms with Gasteiger partial charge in [-0.25, -0.2) is 0 Å². The highest BCUT2D eigenvalue weighted by molar-refractivity contribution is 6.05. The Morgan fingerprint density at radius 3 is 2.74 bits per heavy atom. The van der Waals surface area contributed by atoms with E-state index in [9.17, 15) is 4.79 Å². The normalized spacial score (nSPS) is 9.53. The number of nitrogens with zero attached hydrogens (tertiary/aromatic N) is 3. The van der Waals surface area contributed by atoms with E-state index < -0.39 is 0 Å². The lowest BCUT2D eigenvalue weighted by atomic mass is 10.1. The largest absolute Gasteiger partial charge is 0.322 e. The first-order valence-electron chi connectivity index (χ1n) is 5.73. The molecule has 0 bridgehead atoms. The average Bonchev–Trinajstić information content (AvgIpc) is 2.42. The second kappa shape index (κ2) is 5.71. The quantitative estimate of drug-likeness (QED) is 0.496. The smallest absolute Gasteiger partial charge is 0.255 e. The van der Waals surface area contributed by atoms with Gasteiger partial charge in [-0.1, -0.05) is 35.4 Å². The molecule has 2 rings (SSSR count). The van der Waals surface area contributed by atoms with Crippen molar-refractivity contribution in [2.45, 2.75) is 6.92 Å². The molecule has 0 spiro atoms. The highest BCUT2D eigenvalue weighted by Gasteiger charge is 2.07. The molecule has 0 saturated heterocycles. The van der Waals surface area contributed by atoms with Crippen LogP contribution in [0.15, 0.2) is 53.6 Å². The maximum absolute atomic E-state index is 12.1. The predicted octanol–water partition coefficient (Wildman–Crippen LogP) is 4.19. The highest BCUT2D eigenvalue weighted by atomic mass is 16.1. The van der Waals surface area contributed by atoms with Crippen molar-refractivity contribution in [3.63, 3.8) is 0 Å². The molecule has 0 fully saturated rings. The van der Waals surface area contributed by atoms with Gasteiger partial charge in [-0.15, -0.1) is 0 Å². The van der Waals surface area contributed by atoms with Crippen molar-refractivity contribution in [2.24, 2.45) is 5.11 Å². The molecule has 0 atom stereocenters. The molecule has 94 valence electrons. The Morgan fingerprint density at radius 2 is 2.00 bits per heavy atom. The molecule has 0 unspecified atom stereocenters. The molecule has 0 aliphatic heterocycles. The van der Waals surface area contributed by atoms with Crippen molar-refractivity contribution >= 4 is 17.3 Å². The summed E-state index contributed by atoms with van der Waals surface area (Å²) in [5.74, 6) is -0.232. The number of benzene rings is 2. The molecule has 2 aromatic rings. The SMILES string of the molecule is Cc1ccccc1NC(=O)c1cccc(N=[N+]=[N-])c1. The van der Waals surface area contributed by atoms with Crippen molar-refractivity contribution in [1.29, 1.82) is 0 Å². The molecule has 0 aliphatic carbocycles. The van der Waals surface area contributed by atoms with Gasteiger partial charge in [-0.05, 0) is 36.2 Å². The zero-order valence-electron chi connectivity index (χ0n) is 10.4. The van der Waals surface area contributed by atoms with E-state index in [2.05, 4.69) is 15.3 Å². The van der Waals surface area contributed by atoms with Gasteiger partial charge in [0.1, 0.15) is 0 Å². The number of aryl methyl sites for hydroxylation is 1. The van der Waals surface area contributed by atoms with Gasteiger partial charge in [0.25, 0.3) is 5.91 Å². The second-order valence-electron chi connectivity index (χ2n) is 4.01. The molecule has 1 amide bonds. The molecule has 0 radical (unpaired) electrons. The Bertz CT molecular complexity index is 660. The third-order valence-electron chi connectivity index (χ3n) is 2.66. The fourth-order valence-corrected chi connectivity index (χ4v) is 1.67. The number of amides is 1. The highest BCUT2D eigenvalue weighted by Crippen LogP contribution is 2.17. The summed E-state index contributed by atoms with van der Waals surface area (Å²) >= 11 is 0. The van der Waals surface area contributed by atoms with Gasteiger partial charge in [0, 0.05) is 21.8 Å². The van der Waals surface area contributed by atoms with Gasteiger partial charge < -0.3 is 5.32 Å². The standard InChI is InChI=1S/C14H12N4O/c1-10-5-2-3-8-13(10)16-14(19)11-6-4-7-12(9-11)17-18-15/h2-9H,1H3,(H,16,19). The van der Waals surface area contributed by atoms with Gasteiger partial charge in [0.2, 0.25) is 0 Å². The van der Waals surface area contributed by atoms with Crippen molar-refractivity contribution in [1.82, 2.24) is 0 Å². The zero-order valence-corrected chi connectivity index (χ0v) is 10.4. The van der Waals surface area contributed by atoms with Crippen molar-refractivity contribution in [3.05, 3.63) is 70.1 Å². The Hall–Kier alpha value is -2.78. The van der Waals surface area contributed by atoms with Crippen LogP contribution in [-0.2, 0) is 0 Å². The molecule has 19 heavy (non-hydrogen) atoms. The topological polar surface area (TPSA) is 77.9 Å². The number of anilines is 1. The maximum atomic E-state index is 12.1. The molecular weight excluding hydrogens is 240 g/mol. The van der Waals surface area contributed by atoms with Crippen LogP contribution in [0.4, 0.5) is 11.4 Å². The van der Waals surface area contributed by atoms with E-state index in [4.69, 9.17) is 5.53 Å².